The molecule has 0 saturated carbocycles. The predicted molar refractivity (Wildman–Crippen MR) is 141 cm³/mol. The minimum absolute atomic E-state index is 0.261. The molecule has 0 bridgehead atoms. The second-order valence-corrected chi connectivity index (χ2v) is 8.71. The molecule has 0 spiro atoms. The van der Waals surface area contributed by atoms with Crippen molar-refractivity contribution in [1.29, 1.82) is 0 Å². The van der Waals surface area contributed by atoms with Crippen molar-refractivity contribution < 1.29 is 18.6 Å². The zero-order valence-corrected chi connectivity index (χ0v) is 20.9. The largest absolute Gasteiger partial charge is 0.490 e. The smallest absolute Gasteiger partial charge is 0.174 e. The fourth-order valence-electron chi connectivity index (χ4n) is 3.33. The molecule has 0 saturated heterocycles. The Balaban J connectivity index is 1.40. The van der Waals surface area contributed by atoms with Crippen LogP contribution in [-0.2, 0) is 13.2 Å². The maximum atomic E-state index is 13.2. The normalized spacial score (nSPS) is 10.6. The van der Waals surface area contributed by atoms with Crippen molar-refractivity contribution in [2.45, 2.75) is 20.1 Å². The van der Waals surface area contributed by atoms with Crippen molar-refractivity contribution in [3.63, 3.8) is 0 Å². The van der Waals surface area contributed by atoms with Crippen molar-refractivity contribution >= 4 is 28.3 Å². The number of halogens is 2. The van der Waals surface area contributed by atoms with Crippen molar-refractivity contribution in [2.75, 3.05) is 11.9 Å². The number of anilines is 1. The summed E-state index contributed by atoms with van der Waals surface area (Å²) in [5.74, 6) is 2.72. The first-order valence-electron chi connectivity index (χ1n) is 11.0. The number of benzene rings is 4. The Hall–Kier alpha value is -3.26. The number of rotatable bonds is 10. The molecule has 0 aromatic heterocycles. The lowest BCUT2D eigenvalue weighted by Crippen LogP contribution is -2.05. The van der Waals surface area contributed by atoms with Gasteiger partial charge in [0, 0.05) is 12.2 Å². The number of hydrogen-bond donors (Lipinski definition) is 1. The highest BCUT2D eigenvalue weighted by molar-refractivity contribution is 14.1. The van der Waals surface area contributed by atoms with Crippen LogP contribution in [0.2, 0.25) is 0 Å². The van der Waals surface area contributed by atoms with Crippen LogP contribution < -0.4 is 19.5 Å². The highest BCUT2D eigenvalue weighted by atomic mass is 127. The van der Waals surface area contributed by atoms with E-state index in [0.29, 0.717) is 31.3 Å². The lowest BCUT2D eigenvalue weighted by molar-refractivity contribution is 0.267. The van der Waals surface area contributed by atoms with E-state index in [1.165, 1.54) is 12.1 Å². The Labute approximate surface area is 212 Å². The average Bonchev–Trinajstić information content (AvgIpc) is 2.85. The average molecular weight is 569 g/mol. The molecule has 0 unspecified atom stereocenters. The van der Waals surface area contributed by atoms with Crippen molar-refractivity contribution in [3.8, 4) is 23.0 Å². The first-order valence-corrected chi connectivity index (χ1v) is 12.1. The maximum absolute atomic E-state index is 13.2. The van der Waals surface area contributed by atoms with Gasteiger partial charge in [0.2, 0.25) is 0 Å². The van der Waals surface area contributed by atoms with Crippen LogP contribution in [-0.4, -0.2) is 6.61 Å². The van der Waals surface area contributed by atoms with Gasteiger partial charge in [-0.05, 0) is 101 Å². The Morgan fingerprint density at radius 3 is 2.21 bits per heavy atom. The van der Waals surface area contributed by atoms with Crippen LogP contribution in [0.1, 0.15) is 18.1 Å². The molecule has 1 N–H and O–H groups in total. The van der Waals surface area contributed by atoms with Crippen LogP contribution in [0.25, 0.3) is 0 Å². The highest BCUT2D eigenvalue weighted by Crippen LogP contribution is 2.35. The van der Waals surface area contributed by atoms with Gasteiger partial charge in [0.1, 0.15) is 23.9 Å². The Morgan fingerprint density at radius 1 is 0.794 bits per heavy atom. The molecule has 174 valence electrons. The summed E-state index contributed by atoms with van der Waals surface area (Å²) in [5, 5.41) is 3.44. The number of ether oxygens (including phenoxy) is 3. The molecular formula is C28H25FINO3. The first-order chi connectivity index (χ1) is 16.6. The zero-order chi connectivity index (χ0) is 23.8. The molecule has 4 aromatic carbocycles. The van der Waals surface area contributed by atoms with Gasteiger partial charge in [-0.2, -0.15) is 0 Å². The minimum atomic E-state index is -0.261. The molecule has 4 rings (SSSR count). The minimum Gasteiger partial charge on any atom is -0.490 e. The third kappa shape index (κ3) is 6.63. The topological polar surface area (TPSA) is 39.7 Å². The molecule has 34 heavy (non-hydrogen) atoms. The van der Waals surface area contributed by atoms with E-state index in [2.05, 4.69) is 34.0 Å². The van der Waals surface area contributed by atoms with E-state index in [1.807, 2.05) is 67.6 Å². The van der Waals surface area contributed by atoms with Gasteiger partial charge in [0.05, 0.1) is 10.2 Å². The van der Waals surface area contributed by atoms with E-state index in [4.69, 9.17) is 14.2 Å². The molecular weight excluding hydrogens is 544 g/mol. The number of nitrogens with one attached hydrogen (secondary N) is 1. The van der Waals surface area contributed by atoms with Crippen LogP contribution in [0.5, 0.6) is 23.0 Å². The second-order valence-electron chi connectivity index (χ2n) is 7.55. The van der Waals surface area contributed by atoms with E-state index in [0.717, 1.165) is 31.9 Å². The van der Waals surface area contributed by atoms with Crippen molar-refractivity contribution in [2.24, 2.45) is 0 Å². The third-order valence-electron chi connectivity index (χ3n) is 5.00. The fraction of sp³-hybridized carbons (Fsp3) is 0.143. The molecule has 0 amide bonds. The summed E-state index contributed by atoms with van der Waals surface area (Å²) >= 11 is 2.26. The Bertz CT molecular complexity index is 1200. The van der Waals surface area contributed by atoms with Crippen LogP contribution in [0.3, 0.4) is 0 Å². The second kappa shape index (κ2) is 11.7. The molecule has 0 heterocycles. The molecule has 0 aliphatic heterocycles. The molecule has 6 heteroatoms. The third-order valence-corrected chi connectivity index (χ3v) is 5.80. The lowest BCUT2D eigenvalue weighted by atomic mass is 10.2. The zero-order valence-electron chi connectivity index (χ0n) is 18.8. The molecule has 0 atom stereocenters. The van der Waals surface area contributed by atoms with Crippen molar-refractivity contribution in [1.82, 2.24) is 0 Å². The van der Waals surface area contributed by atoms with Gasteiger partial charge in [0.25, 0.3) is 0 Å². The summed E-state index contributed by atoms with van der Waals surface area (Å²) in [6, 6.07) is 27.9. The van der Waals surface area contributed by atoms with Crippen molar-refractivity contribution in [3.05, 3.63) is 112 Å². The van der Waals surface area contributed by atoms with Gasteiger partial charge < -0.3 is 19.5 Å². The quantitative estimate of drug-likeness (QED) is 0.198. The standard InChI is InChI=1S/C28H25FINO3/c1-2-32-27-17-21(16-26(30)28(27)33-19-20-8-10-22(29)11-9-20)18-31-23-12-14-25(15-13-23)34-24-6-4-3-5-7-24/h3-17,31H,2,18-19H2,1H3. The number of hydrogen-bond acceptors (Lipinski definition) is 4. The first kappa shape index (κ1) is 23.9. The predicted octanol–water partition coefficient (Wildman–Crippen LogP) is 7.81. The summed E-state index contributed by atoms with van der Waals surface area (Å²) in [4.78, 5) is 0. The van der Waals surface area contributed by atoms with Gasteiger partial charge >= 0.3 is 0 Å². The van der Waals surface area contributed by atoms with Crippen LogP contribution in [0.15, 0.2) is 91.0 Å². The summed E-state index contributed by atoms with van der Waals surface area (Å²) in [6.07, 6.45) is 0. The highest BCUT2D eigenvalue weighted by Gasteiger charge is 2.13. The summed E-state index contributed by atoms with van der Waals surface area (Å²) in [7, 11) is 0. The molecule has 0 aliphatic rings. The number of para-hydroxylation sites is 1. The van der Waals surface area contributed by atoms with Gasteiger partial charge in [-0.1, -0.05) is 30.3 Å². The van der Waals surface area contributed by atoms with E-state index < -0.39 is 0 Å². The molecule has 0 fully saturated rings. The van der Waals surface area contributed by atoms with Gasteiger partial charge in [-0.15, -0.1) is 0 Å². The van der Waals surface area contributed by atoms with E-state index in [1.54, 1.807) is 12.1 Å². The Kier molecular flexibility index (Phi) is 8.25. The van der Waals surface area contributed by atoms with E-state index in [9.17, 15) is 4.39 Å². The van der Waals surface area contributed by atoms with Crippen LogP contribution >= 0.6 is 22.6 Å². The van der Waals surface area contributed by atoms with Gasteiger partial charge in [-0.3, -0.25) is 0 Å². The molecule has 0 radical (unpaired) electrons. The molecule has 4 nitrogen and oxygen atoms in total. The summed E-state index contributed by atoms with van der Waals surface area (Å²) < 4.78 is 31.8. The van der Waals surface area contributed by atoms with Gasteiger partial charge in [0.15, 0.2) is 11.5 Å². The summed E-state index contributed by atoms with van der Waals surface area (Å²) in [6.45, 7) is 3.45. The lowest BCUT2D eigenvalue weighted by Gasteiger charge is -2.16. The maximum Gasteiger partial charge on any atom is 0.174 e. The molecule has 0 aliphatic carbocycles. The van der Waals surface area contributed by atoms with E-state index in [-0.39, 0.29) is 5.82 Å². The van der Waals surface area contributed by atoms with Crippen LogP contribution in [0, 0.1) is 9.39 Å². The van der Waals surface area contributed by atoms with Gasteiger partial charge in [-0.25, -0.2) is 4.39 Å². The summed E-state index contributed by atoms with van der Waals surface area (Å²) in [5.41, 5.74) is 2.96. The monoisotopic (exact) mass is 569 g/mol. The molecule has 4 aromatic rings. The fourth-order valence-corrected chi connectivity index (χ4v) is 4.15. The van der Waals surface area contributed by atoms with E-state index >= 15 is 0 Å². The Morgan fingerprint density at radius 2 is 1.50 bits per heavy atom. The van der Waals surface area contributed by atoms with Crippen LogP contribution in [0.4, 0.5) is 10.1 Å². The SMILES string of the molecule is CCOc1cc(CNc2ccc(Oc3ccccc3)cc2)cc(I)c1OCc1ccc(F)cc1.